The monoisotopic (exact) mass is 552 g/mol. The molecule has 34 heavy (non-hydrogen) atoms. The lowest BCUT2D eigenvalue weighted by Crippen LogP contribution is -2.55. The summed E-state index contributed by atoms with van der Waals surface area (Å²) in [7, 11) is 0. The number of anilines is 1. The second kappa shape index (κ2) is 11.2. The molecule has 0 aliphatic carbocycles. The van der Waals surface area contributed by atoms with Crippen LogP contribution in [-0.2, 0) is 6.42 Å². The Kier molecular flexibility index (Phi) is 8.34. The molecule has 6 nitrogen and oxygen atoms in total. The lowest BCUT2D eigenvalue weighted by atomic mass is 10.0. The largest absolute Gasteiger partial charge is 0.491 e. The molecule has 0 aromatic heterocycles. The van der Waals surface area contributed by atoms with E-state index >= 15 is 0 Å². The summed E-state index contributed by atoms with van der Waals surface area (Å²) in [4.78, 5) is 17.7. The predicted octanol–water partition coefficient (Wildman–Crippen LogP) is 5.15. The molecule has 2 heterocycles. The zero-order chi connectivity index (χ0) is 24.2. The van der Waals surface area contributed by atoms with Gasteiger partial charge < -0.3 is 20.3 Å². The van der Waals surface area contributed by atoms with Crippen LogP contribution >= 0.6 is 27.5 Å². The third-order valence-corrected chi connectivity index (χ3v) is 7.30. The van der Waals surface area contributed by atoms with Crippen molar-refractivity contribution < 1.29 is 13.9 Å². The molecule has 0 saturated carbocycles. The number of halogens is 3. The number of nitrogens with zero attached hydrogens (tertiary/aromatic N) is 2. The Balaban J connectivity index is 1.47. The lowest BCUT2D eigenvalue weighted by Gasteiger charge is -2.39. The van der Waals surface area contributed by atoms with Crippen molar-refractivity contribution in [2.45, 2.75) is 44.8 Å². The van der Waals surface area contributed by atoms with Crippen LogP contribution in [0.3, 0.4) is 0 Å². The first-order valence-electron chi connectivity index (χ1n) is 11.7. The van der Waals surface area contributed by atoms with E-state index in [4.69, 9.17) is 16.3 Å². The third-order valence-electron chi connectivity index (χ3n) is 6.52. The molecule has 2 N–H and O–H groups in total. The number of fused-ring (bicyclic) bond motifs is 1. The van der Waals surface area contributed by atoms with E-state index in [1.165, 1.54) is 18.2 Å². The molecule has 1 unspecified atom stereocenters. The van der Waals surface area contributed by atoms with Crippen LogP contribution in [0, 0.1) is 5.82 Å². The summed E-state index contributed by atoms with van der Waals surface area (Å²) in [6.07, 6.45) is 1.55. The molecule has 0 radical (unpaired) electrons. The number of rotatable bonds is 6. The normalized spacial score (nSPS) is 22.6. The Morgan fingerprint density at radius 1 is 1.32 bits per heavy atom. The van der Waals surface area contributed by atoms with Gasteiger partial charge in [0, 0.05) is 48.4 Å². The minimum Gasteiger partial charge on any atom is -0.491 e. The zero-order valence-electron chi connectivity index (χ0n) is 19.5. The summed E-state index contributed by atoms with van der Waals surface area (Å²) in [6, 6.07) is 10.7. The van der Waals surface area contributed by atoms with Crippen molar-refractivity contribution in [3.8, 4) is 5.75 Å². The number of ether oxygens (including phenoxy) is 1. The molecule has 1 fully saturated rings. The minimum absolute atomic E-state index is 0.0223. The van der Waals surface area contributed by atoms with E-state index in [9.17, 15) is 9.18 Å². The first kappa shape index (κ1) is 25.2. The smallest absolute Gasteiger partial charge is 0.322 e. The van der Waals surface area contributed by atoms with Crippen LogP contribution < -0.4 is 15.4 Å². The fourth-order valence-electron chi connectivity index (χ4n) is 4.62. The summed E-state index contributed by atoms with van der Waals surface area (Å²) < 4.78 is 20.6. The molecule has 2 aromatic carbocycles. The Morgan fingerprint density at radius 2 is 2.15 bits per heavy atom. The molecule has 0 bridgehead atoms. The first-order chi connectivity index (χ1) is 16.3. The van der Waals surface area contributed by atoms with Crippen molar-refractivity contribution in [3.63, 3.8) is 0 Å². The van der Waals surface area contributed by atoms with Gasteiger partial charge in [-0.1, -0.05) is 27.5 Å². The molecular formula is C25H31BrClFN4O2. The second-order valence-corrected chi connectivity index (χ2v) is 10.5. The van der Waals surface area contributed by atoms with Crippen LogP contribution in [0.5, 0.6) is 5.75 Å². The lowest BCUT2D eigenvalue weighted by molar-refractivity contribution is 0.118. The van der Waals surface area contributed by atoms with E-state index < -0.39 is 5.82 Å². The molecule has 184 valence electrons. The third kappa shape index (κ3) is 6.22. The van der Waals surface area contributed by atoms with Crippen molar-refractivity contribution in [3.05, 3.63) is 57.3 Å². The predicted molar refractivity (Wildman–Crippen MR) is 137 cm³/mol. The molecule has 2 aliphatic rings. The number of piperazine rings is 1. The number of urea groups is 1. The minimum atomic E-state index is -0.515. The van der Waals surface area contributed by atoms with Crippen LogP contribution in [0.15, 0.2) is 40.9 Å². The summed E-state index contributed by atoms with van der Waals surface area (Å²) in [5.74, 6) is 0.340. The number of carbonyl (C=O) groups excluding carboxylic acids is 1. The molecule has 2 aliphatic heterocycles. The van der Waals surface area contributed by atoms with Gasteiger partial charge in [-0.25, -0.2) is 9.18 Å². The van der Waals surface area contributed by atoms with E-state index in [0.29, 0.717) is 37.3 Å². The van der Waals surface area contributed by atoms with Crippen molar-refractivity contribution in [2.24, 2.45) is 0 Å². The fourth-order valence-corrected chi connectivity index (χ4v) is 5.21. The van der Waals surface area contributed by atoms with Gasteiger partial charge in [0.1, 0.15) is 18.2 Å². The van der Waals surface area contributed by atoms with Crippen molar-refractivity contribution in [2.75, 3.05) is 38.1 Å². The van der Waals surface area contributed by atoms with Gasteiger partial charge in [-0.05, 0) is 68.7 Å². The van der Waals surface area contributed by atoms with Gasteiger partial charge in [0.05, 0.1) is 11.1 Å². The maximum absolute atomic E-state index is 13.6. The molecule has 1 saturated heterocycles. The second-order valence-electron chi connectivity index (χ2n) is 9.18. The molecule has 4 rings (SSSR count). The number of hydrogen-bond acceptors (Lipinski definition) is 4. The van der Waals surface area contributed by atoms with Crippen molar-refractivity contribution >= 4 is 39.2 Å². The SMILES string of the molecule is C[C@@H]1CN(CCCN(C(=O)Nc2ccc(F)c(Cl)c2)C2COc3ccc(Br)cc3C2)[C@@H](C)CN1. The Morgan fingerprint density at radius 3 is 2.94 bits per heavy atom. The van der Waals surface area contributed by atoms with Crippen LogP contribution in [0.2, 0.25) is 5.02 Å². The van der Waals surface area contributed by atoms with E-state index in [2.05, 4.69) is 45.3 Å². The maximum Gasteiger partial charge on any atom is 0.322 e. The molecule has 9 heteroatoms. The van der Waals surface area contributed by atoms with Gasteiger partial charge in [0.25, 0.3) is 0 Å². The topological polar surface area (TPSA) is 56.8 Å². The van der Waals surface area contributed by atoms with E-state index in [-0.39, 0.29) is 17.1 Å². The zero-order valence-corrected chi connectivity index (χ0v) is 21.8. The number of nitrogens with one attached hydrogen (secondary N) is 2. The highest BCUT2D eigenvalue weighted by Crippen LogP contribution is 2.30. The Hall–Kier alpha value is -1.87. The molecule has 2 amide bonds. The Labute approximate surface area is 213 Å². The summed E-state index contributed by atoms with van der Waals surface area (Å²) >= 11 is 9.44. The number of carbonyl (C=O) groups is 1. The van der Waals surface area contributed by atoms with Crippen LogP contribution in [0.4, 0.5) is 14.9 Å². The number of hydrogen-bond donors (Lipinski definition) is 2. The van der Waals surface area contributed by atoms with E-state index in [1.807, 2.05) is 23.1 Å². The fraction of sp³-hybridized carbons (Fsp3) is 0.480. The van der Waals surface area contributed by atoms with Gasteiger partial charge in [-0.2, -0.15) is 0 Å². The van der Waals surface area contributed by atoms with E-state index in [1.54, 1.807) is 0 Å². The highest BCUT2D eigenvalue weighted by atomic mass is 79.9. The Bertz CT molecular complexity index is 1030. The summed E-state index contributed by atoms with van der Waals surface area (Å²) in [5, 5.41) is 6.38. The first-order valence-corrected chi connectivity index (χ1v) is 12.9. The van der Waals surface area contributed by atoms with Gasteiger partial charge in [-0.3, -0.25) is 4.90 Å². The van der Waals surface area contributed by atoms with Crippen molar-refractivity contribution in [1.82, 2.24) is 15.1 Å². The van der Waals surface area contributed by atoms with Gasteiger partial charge >= 0.3 is 6.03 Å². The average Bonchev–Trinajstić information content (AvgIpc) is 2.80. The molecule has 3 atom stereocenters. The van der Waals surface area contributed by atoms with Crippen molar-refractivity contribution in [1.29, 1.82) is 0 Å². The highest BCUT2D eigenvalue weighted by Gasteiger charge is 2.30. The summed E-state index contributed by atoms with van der Waals surface area (Å²) in [5.41, 5.74) is 1.53. The standard InChI is InChI=1S/C25H31BrClFN4O2/c1-16-14-31(17(2)13-29-16)8-3-9-32(25(33)30-20-5-6-23(28)22(27)12-20)21-11-18-10-19(26)4-7-24(18)34-15-21/h4-7,10,12,16-17,21,29H,3,8-9,11,13-15H2,1-2H3,(H,30,33)/t16-,17+,21?/m1/s1. The van der Waals surface area contributed by atoms with Crippen LogP contribution in [0.1, 0.15) is 25.8 Å². The van der Waals surface area contributed by atoms with Crippen LogP contribution in [-0.4, -0.2) is 66.7 Å². The van der Waals surface area contributed by atoms with Gasteiger partial charge in [0.15, 0.2) is 0 Å². The average molecular weight is 554 g/mol. The number of benzene rings is 2. The van der Waals surface area contributed by atoms with Gasteiger partial charge in [-0.15, -0.1) is 0 Å². The molecule has 0 spiro atoms. The number of amides is 2. The van der Waals surface area contributed by atoms with Gasteiger partial charge in [0.2, 0.25) is 0 Å². The van der Waals surface area contributed by atoms with E-state index in [0.717, 1.165) is 41.8 Å². The maximum atomic E-state index is 13.6. The quantitative estimate of drug-likeness (QED) is 0.519. The molecular weight excluding hydrogens is 523 g/mol. The summed E-state index contributed by atoms with van der Waals surface area (Å²) in [6.45, 7) is 8.31. The van der Waals surface area contributed by atoms with Crippen LogP contribution in [0.25, 0.3) is 0 Å². The molecule has 2 aromatic rings. The highest BCUT2D eigenvalue weighted by molar-refractivity contribution is 9.10.